The van der Waals surface area contributed by atoms with Gasteiger partial charge in [0.15, 0.2) is 0 Å². The second-order valence-electron chi connectivity index (χ2n) is 3.16. The maximum absolute atomic E-state index is 8.98. The van der Waals surface area contributed by atoms with E-state index in [1.807, 2.05) is 4.90 Å². The van der Waals surface area contributed by atoms with E-state index in [9.17, 15) is 0 Å². The van der Waals surface area contributed by atoms with Crippen LogP contribution < -0.4 is 4.90 Å². The van der Waals surface area contributed by atoms with Gasteiger partial charge in [0.05, 0.1) is 18.2 Å². The lowest BCUT2D eigenvalue weighted by atomic mass is 10.4. The molecule has 0 spiro atoms. The van der Waals surface area contributed by atoms with Gasteiger partial charge in [-0.05, 0) is 22.0 Å². The molecule has 1 heterocycles. The van der Waals surface area contributed by atoms with E-state index < -0.39 is 0 Å². The lowest BCUT2D eigenvalue weighted by Gasteiger charge is -2.23. The minimum absolute atomic E-state index is 0.0534. The highest BCUT2D eigenvalue weighted by Gasteiger charge is 2.11. The molecule has 4 nitrogen and oxygen atoms in total. The summed E-state index contributed by atoms with van der Waals surface area (Å²) in [6.45, 7) is 1.75. The van der Waals surface area contributed by atoms with Gasteiger partial charge >= 0.3 is 0 Å². The first kappa shape index (κ1) is 13.7. The van der Waals surface area contributed by atoms with Gasteiger partial charge in [0, 0.05) is 30.9 Å². The van der Waals surface area contributed by atoms with E-state index in [-0.39, 0.29) is 6.61 Å². The van der Waals surface area contributed by atoms with Crippen molar-refractivity contribution in [2.24, 2.45) is 0 Å². The molecule has 0 aromatic carbocycles. The van der Waals surface area contributed by atoms with E-state index in [0.29, 0.717) is 30.5 Å². The molecule has 16 heavy (non-hydrogen) atoms. The number of methoxy groups -OCH3 is 1. The third kappa shape index (κ3) is 3.90. The third-order valence-electron chi connectivity index (χ3n) is 2.02. The zero-order valence-corrected chi connectivity index (χ0v) is 11.3. The molecular formula is C10H14BrClN2O2. The van der Waals surface area contributed by atoms with Crippen LogP contribution in [0.2, 0.25) is 5.02 Å². The number of hydrogen-bond acceptors (Lipinski definition) is 4. The summed E-state index contributed by atoms with van der Waals surface area (Å²) in [5.74, 6) is 0.663. The molecule has 0 saturated heterocycles. The Hall–Kier alpha value is -0.360. The summed E-state index contributed by atoms with van der Waals surface area (Å²) in [7, 11) is 1.63. The number of aromatic nitrogens is 1. The molecule has 0 unspecified atom stereocenters. The molecule has 0 aliphatic carbocycles. The number of aliphatic hydroxyl groups excluding tert-OH is 1. The summed E-state index contributed by atoms with van der Waals surface area (Å²) in [4.78, 5) is 6.12. The summed E-state index contributed by atoms with van der Waals surface area (Å²) >= 11 is 9.38. The Labute approximate surface area is 108 Å². The molecular weight excluding hydrogens is 295 g/mol. The zero-order valence-electron chi connectivity index (χ0n) is 8.99. The lowest BCUT2D eigenvalue weighted by molar-refractivity contribution is 0.202. The highest BCUT2D eigenvalue weighted by atomic mass is 79.9. The fourth-order valence-corrected chi connectivity index (χ4v) is 2.03. The Morgan fingerprint density at radius 2 is 2.31 bits per heavy atom. The average molecular weight is 310 g/mol. The van der Waals surface area contributed by atoms with Crippen LogP contribution in [0.15, 0.2) is 16.7 Å². The van der Waals surface area contributed by atoms with Gasteiger partial charge in [0.1, 0.15) is 5.82 Å². The predicted octanol–water partition coefficient (Wildman–Crippen LogP) is 1.94. The first-order valence-corrected chi connectivity index (χ1v) is 6.02. The maximum atomic E-state index is 8.98. The molecule has 0 amide bonds. The van der Waals surface area contributed by atoms with E-state index in [1.54, 1.807) is 19.4 Å². The summed E-state index contributed by atoms with van der Waals surface area (Å²) in [6, 6.07) is 1.78. The molecule has 0 saturated carbocycles. The molecule has 6 heteroatoms. The first-order chi connectivity index (χ1) is 7.69. The van der Waals surface area contributed by atoms with Gasteiger partial charge in [-0.3, -0.25) is 0 Å². The van der Waals surface area contributed by atoms with Crippen molar-refractivity contribution in [2.45, 2.75) is 0 Å². The van der Waals surface area contributed by atoms with Gasteiger partial charge in [-0.15, -0.1) is 0 Å². The van der Waals surface area contributed by atoms with Crippen molar-refractivity contribution in [3.63, 3.8) is 0 Å². The summed E-state index contributed by atoms with van der Waals surface area (Å²) in [6.07, 6.45) is 1.68. The number of hydrogen-bond donors (Lipinski definition) is 1. The smallest absolute Gasteiger partial charge is 0.147 e. The number of halogens is 2. The van der Waals surface area contributed by atoms with Gasteiger partial charge < -0.3 is 14.7 Å². The molecule has 1 aromatic rings. The number of ether oxygens (including phenoxy) is 1. The van der Waals surface area contributed by atoms with Crippen LogP contribution in [0.3, 0.4) is 0 Å². The van der Waals surface area contributed by atoms with Gasteiger partial charge in [-0.25, -0.2) is 4.98 Å². The topological polar surface area (TPSA) is 45.6 Å². The molecule has 0 bridgehead atoms. The van der Waals surface area contributed by atoms with Crippen LogP contribution in [-0.2, 0) is 4.74 Å². The van der Waals surface area contributed by atoms with E-state index in [0.717, 1.165) is 4.47 Å². The fraction of sp³-hybridized carbons (Fsp3) is 0.500. The highest BCUT2D eigenvalue weighted by molar-refractivity contribution is 9.10. The predicted molar refractivity (Wildman–Crippen MR) is 68.1 cm³/mol. The monoisotopic (exact) mass is 308 g/mol. The fourth-order valence-electron chi connectivity index (χ4n) is 1.29. The lowest BCUT2D eigenvalue weighted by Crippen LogP contribution is -2.31. The van der Waals surface area contributed by atoms with Gasteiger partial charge in [-0.2, -0.15) is 0 Å². The van der Waals surface area contributed by atoms with E-state index >= 15 is 0 Å². The van der Waals surface area contributed by atoms with Crippen molar-refractivity contribution < 1.29 is 9.84 Å². The number of nitrogens with zero attached hydrogens (tertiary/aromatic N) is 2. The molecule has 0 fully saturated rings. The molecule has 1 N–H and O–H groups in total. The van der Waals surface area contributed by atoms with Gasteiger partial charge in [0.2, 0.25) is 0 Å². The molecule has 0 aliphatic heterocycles. The molecule has 1 aromatic heterocycles. The van der Waals surface area contributed by atoms with Crippen LogP contribution in [0.25, 0.3) is 0 Å². The molecule has 0 atom stereocenters. The highest BCUT2D eigenvalue weighted by Crippen LogP contribution is 2.25. The van der Waals surface area contributed by atoms with E-state index in [1.165, 1.54) is 0 Å². The minimum atomic E-state index is 0.0534. The Balaban J connectivity index is 2.82. The number of rotatable bonds is 6. The summed E-state index contributed by atoms with van der Waals surface area (Å²) in [5.41, 5.74) is 0. The Bertz CT molecular complexity index is 339. The van der Waals surface area contributed by atoms with Crippen LogP contribution >= 0.6 is 27.5 Å². The summed E-state index contributed by atoms with van der Waals surface area (Å²) < 4.78 is 5.83. The Kier molecular flexibility index (Phi) is 6.05. The first-order valence-electron chi connectivity index (χ1n) is 4.85. The number of anilines is 1. The molecule has 1 rings (SSSR count). The zero-order chi connectivity index (χ0) is 12.0. The normalized spacial score (nSPS) is 10.5. The second kappa shape index (κ2) is 7.06. The van der Waals surface area contributed by atoms with Crippen LogP contribution in [-0.4, -0.2) is 43.5 Å². The van der Waals surface area contributed by atoms with Crippen LogP contribution in [0, 0.1) is 0 Å². The van der Waals surface area contributed by atoms with Crippen molar-refractivity contribution in [1.29, 1.82) is 0 Å². The number of aliphatic hydroxyl groups is 1. The van der Waals surface area contributed by atoms with Crippen LogP contribution in [0.1, 0.15) is 0 Å². The summed E-state index contributed by atoms with van der Waals surface area (Å²) in [5, 5.41) is 9.53. The third-order valence-corrected chi connectivity index (χ3v) is 2.73. The van der Waals surface area contributed by atoms with Gasteiger partial charge in [-0.1, -0.05) is 11.6 Å². The standard InChI is InChI=1S/C10H14BrClN2O2/c1-16-5-3-14(2-4-15)10-9(12)6-8(11)7-13-10/h6-7,15H,2-5H2,1H3. The van der Waals surface area contributed by atoms with E-state index in [2.05, 4.69) is 20.9 Å². The molecule has 0 aliphatic rings. The van der Waals surface area contributed by atoms with Crippen molar-refractivity contribution in [2.75, 3.05) is 38.3 Å². The molecule has 90 valence electrons. The van der Waals surface area contributed by atoms with Gasteiger partial charge in [0.25, 0.3) is 0 Å². The minimum Gasteiger partial charge on any atom is -0.395 e. The average Bonchev–Trinajstić information content (AvgIpc) is 2.25. The van der Waals surface area contributed by atoms with Crippen LogP contribution in [0.5, 0.6) is 0 Å². The quantitative estimate of drug-likeness (QED) is 0.872. The SMILES string of the molecule is COCCN(CCO)c1ncc(Br)cc1Cl. The van der Waals surface area contributed by atoms with Crippen molar-refractivity contribution in [3.8, 4) is 0 Å². The largest absolute Gasteiger partial charge is 0.395 e. The number of pyridine rings is 1. The van der Waals surface area contributed by atoms with Crippen molar-refractivity contribution >= 4 is 33.3 Å². The Morgan fingerprint density at radius 1 is 1.56 bits per heavy atom. The maximum Gasteiger partial charge on any atom is 0.147 e. The van der Waals surface area contributed by atoms with Crippen LogP contribution in [0.4, 0.5) is 5.82 Å². The van der Waals surface area contributed by atoms with Crippen molar-refractivity contribution in [3.05, 3.63) is 21.8 Å². The van der Waals surface area contributed by atoms with Crippen molar-refractivity contribution in [1.82, 2.24) is 4.98 Å². The molecule has 0 radical (unpaired) electrons. The Morgan fingerprint density at radius 3 is 2.88 bits per heavy atom. The second-order valence-corrected chi connectivity index (χ2v) is 4.49. The van der Waals surface area contributed by atoms with E-state index in [4.69, 9.17) is 21.4 Å².